The number of rotatable bonds is 5. The number of nitrogens with zero attached hydrogens (tertiary/aromatic N) is 3. The molecule has 0 aliphatic carbocycles. The van der Waals surface area contributed by atoms with E-state index in [9.17, 15) is 0 Å². The number of benzene rings is 1. The van der Waals surface area contributed by atoms with Crippen LogP contribution in [-0.2, 0) is 0 Å². The Hall–Kier alpha value is -1.75. The minimum absolute atomic E-state index is 0.232. The number of anilines is 1. The van der Waals surface area contributed by atoms with Crippen molar-refractivity contribution in [3.8, 4) is 0 Å². The van der Waals surface area contributed by atoms with Gasteiger partial charge >= 0.3 is 0 Å². The molecule has 2 N–H and O–H groups in total. The van der Waals surface area contributed by atoms with Crippen molar-refractivity contribution in [3.63, 3.8) is 0 Å². The zero-order valence-electron chi connectivity index (χ0n) is 16.0. The first-order valence-electron chi connectivity index (χ1n) is 9.69. The van der Waals surface area contributed by atoms with Gasteiger partial charge in [-0.2, -0.15) is 0 Å². The average Bonchev–Trinajstić information content (AvgIpc) is 3.30. The van der Waals surface area contributed by atoms with Crippen LogP contribution in [0.5, 0.6) is 0 Å². The van der Waals surface area contributed by atoms with Gasteiger partial charge in [-0.05, 0) is 63.9 Å². The summed E-state index contributed by atoms with van der Waals surface area (Å²) >= 11 is 0. The second-order valence-corrected chi connectivity index (χ2v) is 7.38. The first kappa shape index (κ1) is 18.1. The molecule has 0 aromatic heterocycles. The summed E-state index contributed by atoms with van der Waals surface area (Å²) in [6.07, 6.45) is 5.19. The summed E-state index contributed by atoms with van der Waals surface area (Å²) in [5.74, 6) is 0.888. The van der Waals surface area contributed by atoms with Crippen LogP contribution >= 0.6 is 0 Å². The lowest BCUT2D eigenvalue weighted by Crippen LogP contribution is -2.44. The van der Waals surface area contributed by atoms with E-state index < -0.39 is 0 Å². The smallest absolute Gasteiger partial charge is 0.191 e. The van der Waals surface area contributed by atoms with Gasteiger partial charge in [0.15, 0.2) is 5.96 Å². The Bertz CT molecular complexity index is 579. The summed E-state index contributed by atoms with van der Waals surface area (Å²) in [6, 6.07) is 9.77. The van der Waals surface area contributed by atoms with Gasteiger partial charge in [0.1, 0.15) is 0 Å². The van der Waals surface area contributed by atoms with E-state index in [2.05, 4.69) is 63.7 Å². The SMILES string of the molecule is CN=C(NCC1CCCN1C)NC(C)c1cccc(N2CCCC2)c1. The highest BCUT2D eigenvalue weighted by Gasteiger charge is 2.21. The summed E-state index contributed by atoms with van der Waals surface area (Å²) in [5, 5.41) is 7.04. The van der Waals surface area contributed by atoms with Gasteiger partial charge in [0.05, 0.1) is 6.04 Å². The van der Waals surface area contributed by atoms with Crippen LogP contribution in [0.2, 0.25) is 0 Å². The van der Waals surface area contributed by atoms with Crippen molar-refractivity contribution in [2.24, 2.45) is 4.99 Å². The number of hydrogen-bond donors (Lipinski definition) is 2. The molecule has 2 fully saturated rings. The van der Waals surface area contributed by atoms with E-state index in [0.717, 1.165) is 12.5 Å². The molecule has 5 heteroatoms. The second kappa shape index (κ2) is 8.56. The Morgan fingerprint density at radius 1 is 1.24 bits per heavy atom. The van der Waals surface area contributed by atoms with E-state index in [1.807, 2.05) is 7.05 Å². The highest BCUT2D eigenvalue weighted by Crippen LogP contribution is 2.24. The Morgan fingerprint density at radius 3 is 2.72 bits per heavy atom. The van der Waals surface area contributed by atoms with E-state index in [-0.39, 0.29) is 6.04 Å². The van der Waals surface area contributed by atoms with Crippen LogP contribution in [0.1, 0.15) is 44.2 Å². The summed E-state index contributed by atoms with van der Waals surface area (Å²) in [5.41, 5.74) is 2.66. The van der Waals surface area contributed by atoms with E-state index in [1.165, 1.54) is 56.6 Å². The predicted molar refractivity (Wildman–Crippen MR) is 106 cm³/mol. The maximum absolute atomic E-state index is 4.40. The molecular formula is C20H33N5. The molecule has 2 atom stereocenters. The molecule has 2 aliphatic rings. The summed E-state index contributed by atoms with van der Waals surface area (Å²) in [7, 11) is 4.06. The lowest BCUT2D eigenvalue weighted by Gasteiger charge is -2.24. The van der Waals surface area contributed by atoms with Crippen LogP contribution in [0.4, 0.5) is 5.69 Å². The van der Waals surface area contributed by atoms with Crippen LogP contribution in [0.3, 0.4) is 0 Å². The number of nitrogens with one attached hydrogen (secondary N) is 2. The molecule has 2 unspecified atom stereocenters. The molecule has 25 heavy (non-hydrogen) atoms. The molecule has 5 nitrogen and oxygen atoms in total. The largest absolute Gasteiger partial charge is 0.372 e. The minimum atomic E-state index is 0.232. The normalized spacial score (nSPS) is 23.1. The fourth-order valence-corrected chi connectivity index (χ4v) is 3.90. The molecule has 3 rings (SSSR count). The molecule has 1 aromatic rings. The van der Waals surface area contributed by atoms with E-state index in [4.69, 9.17) is 0 Å². The van der Waals surface area contributed by atoms with Gasteiger partial charge in [-0.1, -0.05) is 12.1 Å². The number of likely N-dealkylation sites (tertiary alicyclic amines) is 1. The molecule has 1 aromatic carbocycles. The Balaban J connectivity index is 1.56. The fourth-order valence-electron chi connectivity index (χ4n) is 3.90. The van der Waals surface area contributed by atoms with Crippen LogP contribution in [-0.4, -0.2) is 57.2 Å². The maximum atomic E-state index is 4.40. The quantitative estimate of drug-likeness (QED) is 0.637. The molecule has 2 aliphatic heterocycles. The monoisotopic (exact) mass is 343 g/mol. The maximum Gasteiger partial charge on any atom is 0.191 e. The number of hydrogen-bond acceptors (Lipinski definition) is 3. The Morgan fingerprint density at radius 2 is 2.04 bits per heavy atom. The van der Waals surface area contributed by atoms with Gasteiger partial charge in [0.25, 0.3) is 0 Å². The van der Waals surface area contributed by atoms with Crippen molar-refractivity contribution in [2.45, 2.75) is 44.7 Å². The van der Waals surface area contributed by atoms with Crippen molar-refractivity contribution in [1.29, 1.82) is 0 Å². The van der Waals surface area contributed by atoms with Crippen molar-refractivity contribution < 1.29 is 0 Å². The van der Waals surface area contributed by atoms with Crippen molar-refractivity contribution in [2.75, 3.05) is 45.2 Å². The zero-order chi connectivity index (χ0) is 17.6. The first-order chi connectivity index (χ1) is 12.2. The van der Waals surface area contributed by atoms with Gasteiger partial charge in [-0.15, -0.1) is 0 Å². The average molecular weight is 344 g/mol. The highest BCUT2D eigenvalue weighted by atomic mass is 15.2. The third-order valence-electron chi connectivity index (χ3n) is 5.59. The lowest BCUT2D eigenvalue weighted by atomic mass is 10.1. The Kier molecular flexibility index (Phi) is 6.19. The van der Waals surface area contributed by atoms with Crippen LogP contribution < -0.4 is 15.5 Å². The van der Waals surface area contributed by atoms with Crippen LogP contribution in [0.25, 0.3) is 0 Å². The van der Waals surface area contributed by atoms with Gasteiger partial charge in [-0.25, -0.2) is 0 Å². The van der Waals surface area contributed by atoms with Crippen LogP contribution in [0, 0.1) is 0 Å². The molecule has 138 valence electrons. The zero-order valence-corrected chi connectivity index (χ0v) is 16.0. The Labute approximate surface area is 152 Å². The predicted octanol–water partition coefficient (Wildman–Crippen LogP) is 2.61. The molecule has 2 saturated heterocycles. The third-order valence-corrected chi connectivity index (χ3v) is 5.59. The van der Waals surface area contributed by atoms with Crippen molar-refractivity contribution >= 4 is 11.6 Å². The third kappa shape index (κ3) is 4.66. The number of guanidine groups is 1. The number of likely N-dealkylation sites (N-methyl/N-ethyl adjacent to an activating group) is 1. The summed E-state index contributed by atoms with van der Waals surface area (Å²) in [4.78, 5) is 9.32. The van der Waals surface area contributed by atoms with E-state index in [1.54, 1.807) is 0 Å². The van der Waals surface area contributed by atoms with Gasteiger partial charge in [-0.3, -0.25) is 4.99 Å². The second-order valence-electron chi connectivity index (χ2n) is 7.38. The summed E-state index contributed by atoms with van der Waals surface area (Å²) in [6.45, 7) is 6.74. The number of aliphatic imine (C=N–C) groups is 1. The molecule has 0 spiro atoms. The fraction of sp³-hybridized carbons (Fsp3) is 0.650. The standard InChI is InChI=1S/C20H33N5/c1-16(17-8-6-9-18(14-17)25-12-4-5-13-25)23-20(21-2)22-15-19-10-7-11-24(19)3/h6,8-9,14,16,19H,4-5,7,10-13,15H2,1-3H3,(H2,21,22,23). The molecule has 0 amide bonds. The van der Waals surface area contributed by atoms with E-state index >= 15 is 0 Å². The first-order valence-corrected chi connectivity index (χ1v) is 9.69. The molecule has 0 bridgehead atoms. The van der Waals surface area contributed by atoms with Gasteiger partial charge in [0, 0.05) is 38.4 Å². The highest BCUT2D eigenvalue weighted by molar-refractivity contribution is 5.80. The van der Waals surface area contributed by atoms with Crippen LogP contribution in [0.15, 0.2) is 29.3 Å². The van der Waals surface area contributed by atoms with Gasteiger partial charge < -0.3 is 20.4 Å². The molecule has 0 saturated carbocycles. The molecule has 0 radical (unpaired) electrons. The molecule has 2 heterocycles. The summed E-state index contributed by atoms with van der Waals surface area (Å²) < 4.78 is 0. The van der Waals surface area contributed by atoms with Gasteiger partial charge in [0.2, 0.25) is 0 Å². The topological polar surface area (TPSA) is 42.9 Å². The molecular weight excluding hydrogens is 310 g/mol. The van der Waals surface area contributed by atoms with Crippen molar-refractivity contribution in [3.05, 3.63) is 29.8 Å². The van der Waals surface area contributed by atoms with Crippen molar-refractivity contribution in [1.82, 2.24) is 15.5 Å². The minimum Gasteiger partial charge on any atom is -0.372 e. The lowest BCUT2D eigenvalue weighted by molar-refractivity contribution is 0.309. The van der Waals surface area contributed by atoms with E-state index in [0.29, 0.717) is 6.04 Å².